The number of halogens is 2. The lowest BCUT2D eigenvalue weighted by Crippen LogP contribution is -2.06. The average molecular weight is 561 g/mol. The van der Waals surface area contributed by atoms with Crippen molar-refractivity contribution in [2.45, 2.75) is 6.61 Å². The first-order valence-corrected chi connectivity index (χ1v) is 10.8. The Morgan fingerprint density at radius 2 is 1.94 bits per heavy atom. The fraction of sp³-hybridized carbons (Fsp3) is 0.0435. The molecule has 0 fully saturated rings. The Bertz CT molecular complexity index is 1290. The van der Waals surface area contributed by atoms with Crippen molar-refractivity contribution in [3.05, 3.63) is 108 Å². The topological polar surface area (TPSA) is 91.0 Å². The summed E-state index contributed by atoms with van der Waals surface area (Å²) in [6.45, 7) is 0.419. The quantitative estimate of drug-likeness (QED) is 0.125. The van der Waals surface area contributed by atoms with Crippen LogP contribution >= 0.6 is 34.2 Å². The van der Waals surface area contributed by atoms with E-state index in [9.17, 15) is 14.9 Å². The Morgan fingerprint density at radius 1 is 1.12 bits per heavy atom. The van der Waals surface area contributed by atoms with Gasteiger partial charge < -0.3 is 9.47 Å². The van der Waals surface area contributed by atoms with Crippen LogP contribution in [0.3, 0.4) is 0 Å². The molecule has 1 heterocycles. The lowest BCUT2D eigenvalue weighted by Gasteiger charge is -2.08. The second kappa shape index (κ2) is 9.49. The molecule has 0 amide bonds. The molecule has 0 saturated heterocycles. The van der Waals surface area contributed by atoms with Crippen LogP contribution in [0.2, 0.25) is 5.02 Å². The van der Waals surface area contributed by atoms with Crippen LogP contribution in [0.15, 0.2) is 77.4 Å². The second-order valence-electron chi connectivity index (χ2n) is 6.71. The van der Waals surface area contributed by atoms with Gasteiger partial charge in [0.15, 0.2) is 5.70 Å². The van der Waals surface area contributed by atoms with Gasteiger partial charge in [-0.3, -0.25) is 10.1 Å². The molecule has 7 nitrogen and oxygen atoms in total. The van der Waals surface area contributed by atoms with Crippen molar-refractivity contribution in [1.82, 2.24) is 0 Å². The van der Waals surface area contributed by atoms with Crippen LogP contribution in [0.25, 0.3) is 6.08 Å². The Morgan fingerprint density at radius 3 is 2.69 bits per heavy atom. The monoisotopic (exact) mass is 560 g/mol. The van der Waals surface area contributed by atoms with Crippen molar-refractivity contribution in [2.24, 2.45) is 4.99 Å². The van der Waals surface area contributed by atoms with Gasteiger partial charge in [-0.2, -0.15) is 0 Å². The molecule has 0 aliphatic carbocycles. The SMILES string of the molecule is O=C1OC(c2ccc([N+](=O)[O-])cc2Cl)=N/C1=C\c1cccc(OCc2ccccc2I)c1. The standard InChI is InChI=1S/C23H14ClIN2O5/c24-19-12-16(27(29)30)8-9-18(19)22-26-21(23(28)32-22)11-14-4-3-6-17(10-14)31-13-15-5-1-2-7-20(15)25/h1-12H,13H2/b21-11-. The summed E-state index contributed by atoms with van der Waals surface area (Å²) in [6.07, 6.45) is 1.58. The number of cyclic esters (lactones) is 1. The Hall–Kier alpha value is -3.24. The van der Waals surface area contributed by atoms with Gasteiger partial charge in [0, 0.05) is 21.3 Å². The number of nitro benzene ring substituents is 1. The Balaban J connectivity index is 1.54. The van der Waals surface area contributed by atoms with E-state index in [1.54, 1.807) is 12.1 Å². The lowest BCUT2D eigenvalue weighted by molar-refractivity contribution is -0.384. The Labute approximate surface area is 201 Å². The van der Waals surface area contributed by atoms with Crippen LogP contribution in [0.4, 0.5) is 5.69 Å². The van der Waals surface area contributed by atoms with Gasteiger partial charge in [0.25, 0.3) is 5.69 Å². The largest absolute Gasteiger partial charge is 0.489 e. The Kier molecular flexibility index (Phi) is 6.52. The molecule has 0 bridgehead atoms. The number of hydrogen-bond acceptors (Lipinski definition) is 6. The molecule has 4 rings (SSSR count). The van der Waals surface area contributed by atoms with Gasteiger partial charge in [-0.1, -0.05) is 41.9 Å². The van der Waals surface area contributed by atoms with Crippen LogP contribution in [-0.4, -0.2) is 16.8 Å². The molecule has 0 aromatic heterocycles. The first-order chi connectivity index (χ1) is 15.4. The van der Waals surface area contributed by atoms with Crippen molar-refractivity contribution in [2.75, 3.05) is 0 Å². The summed E-state index contributed by atoms with van der Waals surface area (Å²) in [6, 6.07) is 19.0. The molecule has 0 saturated carbocycles. The minimum Gasteiger partial charge on any atom is -0.489 e. The average Bonchev–Trinajstić information content (AvgIpc) is 3.13. The third kappa shape index (κ3) is 4.97. The predicted molar refractivity (Wildman–Crippen MR) is 129 cm³/mol. The molecule has 32 heavy (non-hydrogen) atoms. The summed E-state index contributed by atoms with van der Waals surface area (Å²) < 4.78 is 12.2. The van der Waals surface area contributed by atoms with Gasteiger partial charge in [-0.15, -0.1) is 0 Å². The van der Waals surface area contributed by atoms with Gasteiger partial charge >= 0.3 is 5.97 Å². The summed E-state index contributed by atoms with van der Waals surface area (Å²) in [7, 11) is 0. The summed E-state index contributed by atoms with van der Waals surface area (Å²) >= 11 is 8.37. The van der Waals surface area contributed by atoms with E-state index in [0.29, 0.717) is 23.5 Å². The molecule has 3 aromatic rings. The maximum atomic E-state index is 12.3. The molecule has 160 valence electrons. The number of nitrogens with zero attached hydrogens (tertiary/aromatic N) is 2. The minimum atomic E-state index is -0.639. The first kappa shape index (κ1) is 22.0. The van der Waals surface area contributed by atoms with E-state index in [1.165, 1.54) is 18.2 Å². The van der Waals surface area contributed by atoms with Crippen molar-refractivity contribution in [3.63, 3.8) is 0 Å². The highest BCUT2D eigenvalue weighted by Crippen LogP contribution is 2.27. The zero-order valence-electron chi connectivity index (χ0n) is 16.3. The number of hydrogen-bond donors (Lipinski definition) is 0. The number of benzene rings is 3. The van der Waals surface area contributed by atoms with Gasteiger partial charge in [-0.25, -0.2) is 9.79 Å². The van der Waals surface area contributed by atoms with Crippen LogP contribution in [0.1, 0.15) is 16.7 Å². The number of nitro groups is 1. The second-order valence-corrected chi connectivity index (χ2v) is 8.28. The van der Waals surface area contributed by atoms with E-state index in [2.05, 4.69) is 27.6 Å². The zero-order valence-corrected chi connectivity index (χ0v) is 19.2. The van der Waals surface area contributed by atoms with Gasteiger partial charge in [0.1, 0.15) is 12.4 Å². The van der Waals surface area contributed by atoms with Crippen LogP contribution in [-0.2, 0) is 16.1 Å². The molecular weight excluding hydrogens is 547 g/mol. The smallest absolute Gasteiger partial charge is 0.363 e. The molecule has 1 aliphatic rings. The molecule has 9 heteroatoms. The fourth-order valence-electron chi connectivity index (χ4n) is 2.94. The molecular formula is C23H14ClIN2O5. The van der Waals surface area contributed by atoms with E-state index < -0.39 is 10.9 Å². The zero-order chi connectivity index (χ0) is 22.7. The highest BCUT2D eigenvalue weighted by Gasteiger charge is 2.26. The van der Waals surface area contributed by atoms with Gasteiger partial charge in [0.2, 0.25) is 5.90 Å². The number of rotatable bonds is 6. The van der Waals surface area contributed by atoms with Crippen molar-refractivity contribution >= 4 is 57.8 Å². The number of ether oxygens (including phenoxy) is 2. The summed E-state index contributed by atoms with van der Waals surface area (Å²) in [4.78, 5) is 26.8. The molecule has 0 N–H and O–H groups in total. The lowest BCUT2D eigenvalue weighted by atomic mass is 10.2. The van der Waals surface area contributed by atoms with Gasteiger partial charge in [0.05, 0.1) is 15.5 Å². The fourth-order valence-corrected chi connectivity index (χ4v) is 3.74. The van der Waals surface area contributed by atoms with Gasteiger partial charge in [-0.05, 0) is 58.5 Å². The minimum absolute atomic E-state index is 0.00722. The number of aliphatic imine (C=N–C) groups is 1. The number of carbonyl (C=O) groups excluding carboxylic acids is 1. The van der Waals surface area contributed by atoms with E-state index in [4.69, 9.17) is 21.1 Å². The number of esters is 1. The maximum Gasteiger partial charge on any atom is 0.363 e. The first-order valence-electron chi connectivity index (χ1n) is 9.34. The van der Waals surface area contributed by atoms with Crippen LogP contribution in [0.5, 0.6) is 5.75 Å². The highest BCUT2D eigenvalue weighted by atomic mass is 127. The molecule has 0 unspecified atom stereocenters. The third-order valence-corrected chi connectivity index (χ3v) is 5.89. The third-order valence-electron chi connectivity index (χ3n) is 4.53. The van der Waals surface area contributed by atoms with E-state index in [-0.39, 0.29) is 22.3 Å². The molecule has 0 radical (unpaired) electrons. The predicted octanol–water partition coefficient (Wildman–Crippen LogP) is 5.78. The number of non-ortho nitro benzene ring substituents is 1. The van der Waals surface area contributed by atoms with E-state index in [1.807, 2.05) is 42.5 Å². The molecule has 1 aliphatic heterocycles. The number of carbonyl (C=O) groups is 1. The van der Waals surface area contributed by atoms with E-state index >= 15 is 0 Å². The normalized spacial score (nSPS) is 14.2. The molecule has 3 aromatic carbocycles. The highest BCUT2D eigenvalue weighted by molar-refractivity contribution is 14.1. The van der Waals surface area contributed by atoms with Crippen molar-refractivity contribution in [3.8, 4) is 5.75 Å². The summed E-state index contributed by atoms with van der Waals surface area (Å²) in [5, 5.41) is 10.9. The summed E-state index contributed by atoms with van der Waals surface area (Å²) in [5.74, 6) is -0.000214. The molecule has 0 spiro atoms. The van der Waals surface area contributed by atoms with Crippen LogP contribution in [0, 0.1) is 13.7 Å². The maximum absolute atomic E-state index is 12.3. The van der Waals surface area contributed by atoms with E-state index in [0.717, 1.165) is 9.13 Å². The van der Waals surface area contributed by atoms with Crippen molar-refractivity contribution in [1.29, 1.82) is 0 Å². The molecule has 0 atom stereocenters. The summed E-state index contributed by atoms with van der Waals surface area (Å²) in [5.41, 5.74) is 2.00. The van der Waals surface area contributed by atoms with Crippen molar-refractivity contribution < 1.29 is 19.2 Å². The van der Waals surface area contributed by atoms with Crippen LogP contribution < -0.4 is 4.74 Å².